The first-order chi connectivity index (χ1) is 8.19. The second-order valence-corrected chi connectivity index (χ2v) is 4.14. The maximum absolute atomic E-state index is 10.5. The van der Waals surface area contributed by atoms with Crippen LogP contribution in [0.25, 0.3) is 0 Å². The van der Waals surface area contributed by atoms with Crippen LogP contribution in [0, 0.1) is 6.92 Å². The average molecular weight is 229 g/mol. The fourth-order valence-electron chi connectivity index (χ4n) is 1.77. The third kappa shape index (κ3) is 2.75. The molecule has 0 aliphatic rings. The minimum Gasteiger partial charge on any atom is -0.438 e. The highest BCUT2D eigenvalue weighted by atomic mass is 16.4. The molecular weight excluding hydrogens is 214 g/mol. The Morgan fingerprint density at radius 1 is 1.29 bits per heavy atom. The molecule has 3 heteroatoms. The fraction of sp³-hybridized carbons (Fsp3) is 0.214. The van der Waals surface area contributed by atoms with E-state index in [-0.39, 0.29) is 0 Å². The molecule has 17 heavy (non-hydrogen) atoms. The van der Waals surface area contributed by atoms with Gasteiger partial charge in [-0.15, -0.1) is 0 Å². The van der Waals surface area contributed by atoms with E-state index < -0.39 is 0 Å². The Labute approximate surface area is 101 Å². The Balaban J connectivity index is 2.10. The van der Waals surface area contributed by atoms with E-state index in [0.717, 1.165) is 6.54 Å². The number of furan rings is 1. The summed E-state index contributed by atoms with van der Waals surface area (Å²) < 4.78 is 5.35. The van der Waals surface area contributed by atoms with Crippen molar-refractivity contribution in [2.24, 2.45) is 0 Å². The van der Waals surface area contributed by atoms with Crippen LogP contribution in [-0.2, 0) is 6.54 Å². The van der Waals surface area contributed by atoms with E-state index in [1.54, 1.807) is 12.1 Å². The van der Waals surface area contributed by atoms with E-state index in [1.807, 2.05) is 18.0 Å². The van der Waals surface area contributed by atoms with Gasteiger partial charge in [0.25, 0.3) is 0 Å². The summed E-state index contributed by atoms with van der Waals surface area (Å²) in [6, 6.07) is 11.8. The number of nitrogens with zero attached hydrogens (tertiary/aromatic N) is 1. The summed E-state index contributed by atoms with van der Waals surface area (Å²) in [5.74, 6) is 1.06. The summed E-state index contributed by atoms with van der Waals surface area (Å²) in [5, 5.41) is 0. The zero-order valence-electron chi connectivity index (χ0n) is 10.0. The van der Waals surface area contributed by atoms with E-state index in [2.05, 4.69) is 25.1 Å². The predicted octanol–water partition coefficient (Wildman–Crippen LogP) is 3.04. The molecule has 1 heterocycles. The molecule has 0 unspecified atom stereocenters. The third-order valence-electron chi connectivity index (χ3n) is 2.61. The van der Waals surface area contributed by atoms with Crippen molar-refractivity contribution in [3.05, 3.63) is 53.3 Å². The van der Waals surface area contributed by atoms with Gasteiger partial charge in [0.2, 0.25) is 0 Å². The molecule has 0 amide bonds. The van der Waals surface area contributed by atoms with Crippen molar-refractivity contribution in [2.45, 2.75) is 13.5 Å². The highest BCUT2D eigenvalue weighted by Gasteiger charge is 2.07. The lowest BCUT2D eigenvalue weighted by molar-refractivity contribution is 0.110. The second kappa shape index (κ2) is 4.87. The number of carbonyl (C=O) groups is 1. The quantitative estimate of drug-likeness (QED) is 0.755. The number of rotatable bonds is 4. The molecule has 88 valence electrons. The molecule has 0 spiro atoms. The second-order valence-electron chi connectivity index (χ2n) is 4.14. The summed E-state index contributed by atoms with van der Waals surface area (Å²) >= 11 is 0. The molecule has 2 rings (SSSR count). The molecular formula is C14H15NO2. The SMILES string of the molecule is Cc1cccc(CN(C)c2ccc(C=O)o2)c1. The molecule has 0 bridgehead atoms. The lowest BCUT2D eigenvalue weighted by atomic mass is 10.1. The normalized spacial score (nSPS) is 10.2. The number of hydrogen-bond acceptors (Lipinski definition) is 3. The first-order valence-corrected chi connectivity index (χ1v) is 5.51. The van der Waals surface area contributed by atoms with Gasteiger partial charge in [-0.3, -0.25) is 4.79 Å². The Bertz CT molecular complexity index is 516. The molecule has 0 N–H and O–H groups in total. The van der Waals surface area contributed by atoms with Crippen LogP contribution in [0.1, 0.15) is 21.7 Å². The number of carbonyl (C=O) groups excluding carboxylic acids is 1. The summed E-state index contributed by atoms with van der Waals surface area (Å²) in [6.45, 7) is 2.83. The van der Waals surface area contributed by atoms with Crippen molar-refractivity contribution in [1.29, 1.82) is 0 Å². The highest BCUT2D eigenvalue weighted by molar-refractivity contribution is 5.71. The van der Waals surface area contributed by atoms with Crippen molar-refractivity contribution in [3.63, 3.8) is 0 Å². The van der Waals surface area contributed by atoms with E-state index in [9.17, 15) is 4.79 Å². The van der Waals surface area contributed by atoms with Gasteiger partial charge < -0.3 is 9.32 Å². The van der Waals surface area contributed by atoms with Gasteiger partial charge in [0.1, 0.15) is 0 Å². The van der Waals surface area contributed by atoms with Crippen LogP contribution in [0.5, 0.6) is 0 Å². The number of benzene rings is 1. The van der Waals surface area contributed by atoms with Crippen molar-refractivity contribution in [3.8, 4) is 0 Å². The zero-order valence-corrected chi connectivity index (χ0v) is 10.0. The molecule has 0 atom stereocenters. The molecule has 0 aliphatic heterocycles. The van der Waals surface area contributed by atoms with Crippen molar-refractivity contribution in [2.75, 3.05) is 11.9 Å². The lowest BCUT2D eigenvalue weighted by Crippen LogP contribution is -2.15. The van der Waals surface area contributed by atoms with Crippen molar-refractivity contribution in [1.82, 2.24) is 0 Å². The standard InChI is InChI=1S/C14H15NO2/c1-11-4-3-5-12(8-11)9-15(2)14-7-6-13(10-16)17-14/h3-8,10H,9H2,1-2H3. The monoisotopic (exact) mass is 229 g/mol. The van der Waals surface area contributed by atoms with Crippen LogP contribution in [0.3, 0.4) is 0 Å². The molecule has 1 aromatic heterocycles. The topological polar surface area (TPSA) is 33.5 Å². The van der Waals surface area contributed by atoms with E-state index in [0.29, 0.717) is 17.9 Å². The molecule has 3 nitrogen and oxygen atoms in total. The number of aryl methyl sites for hydroxylation is 1. The third-order valence-corrected chi connectivity index (χ3v) is 2.61. The summed E-state index contributed by atoms with van der Waals surface area (Å²) in [5.41, 5.74) is 2.46. The largest absolute Gasteiger partial charge is 0.438 e. The first kappa shape index (κ1) is 11.5. The van der Waals surface area contributed by atoms with Gasteiger partial charge >= 0.3 is 0 Å². The minimum absolute atomic E-state index is 0.357. The minimum atomic E-state index is 0.357. The van der Waals surface area contributed by atoms with Gasteiger partial charge in [0, 0.05) is 19.7 Å². The van der Waals surface area contributed by atoms with Gasteiger partial charge in [-0.2, -0.15) is 0 Å². The van der Waals surface area contributed by atoms with Crippen LogP contribution < -0.4 is 4.90 Å². The lowest BCUT2D eigenvalue weighted by Gasteiger charge is -2.16. The van der Waals surface area contributed by atoms with Crippen LogP contribution in [0.15, 0.2) is 40.8 Å². The predicted molar refractivity (Wildman–Crippen MR) is 67.4 cm³/mol. The number of anilines is 1. The summed E-state index contributed by atoms with van der Waals surface area (Å²) in [4.78, 5) is 12.5. The molecule has 0 aliphatic carbocycles. The van der Waals surface area contributed by atoms with E-state index in [4.69, 9.17) is 4.42 Å². The Morgan fingerprint density at radius 3 is 2.76 bits per heavy atom. The molecule has 0 radical (unpaired) electrons. The Kier molecular flexibility index (Phi) is 3.28. The maximum Gasteiger partial charge on any atom is 0.196 e. The Hall–Kier alpha value is -2.03. The van der Waals surface area contributed by atoms with Gasteiger partial charge in [-0.05, 0) is 18.6 Å². The van der Waals surface area contributed by atoms with E-state index >= 15 is 0 Å². The van der Waals surface area contributed by atoms with Crippen LogP contribution >= 0.6 is 0 Å². The van der Waals surface area contributed by atoms with Crippen LogP contribution in [0.4, 0.5) is 5.88 Å². The molecule has 1 aromatic carbocycles. The van der Waals surface area contributed by atoms with Crippen molar-refractivity contribution < 1.29 is 9.21 Å². The zero-order chi connectivity index (χ0) is 12.3. The van der Waals surface area contributed by atoms with Crippen LogP contribution in [0.2, 0.25) is 0 Å². The fourth-order valence-corrected chi connectivity index (χ4v) is 1.77. The maximum atomic E-state index is 10.5. The van der Waals surface area contributed by atoms with Gasteiger partial charge in [-0.1, -0.05) is 29.8 Å². The number of hydrogen-bond donors (Lipinski definition) is 0. The average Bonchev–Trinajstić information content (AvgIpc) is 2.77. The first-order valence-electron chi connectivity index (χ1n) is 5.51. The molecule has 0 fully saturated rings. The van der Waals surface area contributed by atoms with Crippen LogP contribution in [-0.4, -0.2) is 13.3 Å². The summed E-state index contributed by atoms with van der Waals surface area (Å²) in [7, 11) is 1.94. The molecule has 0 saturated heterocycles. The van der Waals surface area contributed by atoms with Gasteiger partial charge in [-0.25, -0.2) is 0 Å². The van der Waals surface area contributed by atoms with Gasteiger partial charge in [0.15, 0.2) is 17.9 Å². The Morgan fingerprint density at radius 2 is 2.12 bits per heavy atom. The molecule has 2 aromatic rings. The van der Waals surface area contributed by atoms with E-state index in [1.165, 1.54) is 11.1 Å². The summed E-state index contributed by atoms with van der Waals surface area (Å²) in [6.07, 6.45) is 0.712. The van der Waals surface area contributed by atoms with Crippen molar-refractivity contribution >= 4 is 12.2 Å². The van der Waals surface area contributed by atoms with Gasteiger partial charge in [0.05, 0.1) is 0 Å². The highest BCUT2D eigenvalue weighted by Crippen LogP contribution is 2.18. The number of aldehydes is 1. The molecule has 0 saturated carbocycles. The smallest absolute Gasteiger partial charge is 0.196 e.